The van der Waals surface area contributed by atoms with E-state index < -0.39 is 5.54 Å². The van der Waals surface area contributed by atoms with Crippen molar-refractivity contribution in [2.45, 2.75) is 51.2 Å². The minimum atomic E-state index is -0.819. The lowest BCUT2D eigenvalue weighted by Gasteiger charge is -2.31. The molecule has 0 aliphatic carbocycles. The van der Waals surface area contributed by atoms with Crippen LogP contribution in [0.15, 0.2) is 0 Å². The zero-order valence-corrected chi connectivity index (χ0v) is 9.62. The maximum absolute atomic E-state index is 11.8. The van der Waals surface area contributed by atoms with Gasteiger partial charge in [-0.3, -0.25) is 4.79 Å². The maximum Gasteiger partial charge on any atom is 0.326 e. The normalized spacial score (nSPS) is 22.1. The van der Waals surface area contributed by atoms with Gasteiger partial charge in [0.2, 0.25) is 0 Å². The number of hydrogen-bond acceptors (Lipinski definition) is 4. The van der Waals surface area contributed by atoms with Gasteiger partial charge in [0, 0.05) is 13.2 Å². The highest BCUT2D eigenvalue weighted by atomic mass is 16.5. The number of esters is 1. The Hall–Kier alpha value is -0.610. The third kappa shape index (κ3) is 3.47. The van der Waals surface area contributed by atoms with Crippen molar-refractivity contribution in [3.8, 4) is 0 Å². The Morgan fingerprint density at radius 2 is 2.13 bits per heavy atom. The van der Waals surface area contributed by atoms with E-state index in [0.717, 1.165) is 12.8 Å². The molecular formula is C11H21NO3. The molecular weight excluding hydrogens is 194 g/mol. The summed E-state index contributed by atoms with van der Waals surface area (Å²) in [6.45, 7) is 5.07. The SMILES string of the molecule is CCCC(C)OC(=O)C1(N)CCOCC1. The fourth-order valence-corrected chi connectivity index (χ4v) is 1.71. The summed E-state index contributed by atoms with van der Waals surface area (Å²) >= 11 is 0. The van der Waals surface area contributed by atoms with E-state index >= 15 is 0 Å². The Balaban J connectivity index is 2.44. The Bertz CT molecular complexity index is 212. The van der Waals surface area contributed by atoms with Gasteiger partial charge in [-0.05, 0) is 26.2 Å². The van der Waals surface area contributed by atoms with Gasteiger partial charge >= 0.3 is 5.97 Å². The number of carbonyl (C=O) groups is 1. The lowest BCUT2D eigenvalue weighted by atomic mass is 9.91. The highest BCUT2D eigenvalue weighted by Gasteiger charge is 2.38. The van der Waals surface area contributed by atoms with Crippen LogP contribution in [0.4, 0.5) is 0 Å². The van der Waals surface area contributed by atoms with Gasteiger partial charge in [-0.2, -0.15) is 0 Å². The molecule has 0 bridgehead atoms. The molecule has 1 atom stereocenters. The number of hydrogen-bond donors (Lipinski definition) is 1. The van der Waals surface area contributed by atoms with Crippen molar-refractivity contribution in [1.82, 2.24) is 0 Å². The summed E-state index contributed by atoms with van der Waals surface area (Å²) in [6.07, 6.45) is 2.98. The molecule has 0 aromatic rings. The van der Waals surface area contributed by atoms with E-state index in [1.54, 1.807) is 0 Å². The van der Waals surface area contributed by atoms with Crippen molar-refractivity contribution in [3.05, 3.63) is 0 Å². The molecule has 4 nitrogen and oxygen atoms in total. The quantitative estimate of drug-likeness (QED) is 0.716. The third-order valence-corrected chi connectivity index (χ3v) is 2.79. The van der Waals surface area contributed by atoms with Crippen molar-refractivity contribution in [2.24, 2.45) is 5.73 Å². The predicted octanol–water partition coefficient (Wildman–Crippen LogP) is 1.23. The van der Waals surface area contributed by atoms with Crippen LogP contribution in [0.25, 0.3) is 0 Å². The second kappa shape index (κ2) is 5.47. The molecule has 0 saturated carbocycles. The van der Waals surface area contributed by atoms with Gasteiger partial charge in [0.25, 0.3) is 0 Å². The van der Waals surface area contributed by atoms with Crippen LogP contribution in [-0.4, -0.2) is 30.8 Å². The molecule has 1 aliphatic heterocycles. The van der Waals surface area contributed by atoms with Crippen LogP contribution in [0.5, 0.6) is 0 Å². The predicted molar refractivity (Wildman–Crippen MR) is 57.4 cm³/mol. The Morgan fingerprint density at radius 3 is 2.67 bits per heavy atom. The molecule has 0 amide bonds. The van der Waals surface area contributed by atoms with Crippen LogP contribution in [0.2, 0.25) is 0 Å². The highest BCUT2D eigenvalue weighted by Crippen LogP contribution is 2.20. The van der Waals surface area contributed by atoms with Gasteiger partial charge in [0.05, 0.1) is 6.10 Å². The van der Waals surface area contributed by atoms with Crippen molar-refractivity contribution < 1.29 is 14.3 Å². The summed E-state index contributed by atoms with van der Waals surface area (Å²) in [4.78, 5) is 11.8. The summed E-state index contributed by atoms with van der Waals surface area (Å²) in [5, 5.41) is 0. The van der Waals surface area contributed by atoms with E-state index in [4.69, 9.17) is 15.2 Å². The van der Waals surface area contributed by atoms with Gasteiger partial charge in [-0.25, -0.2) is 0 Å². The molecule has 0 aromatic carbocycles. The fourth-order valence-electron chi connectivity index (χ4n) is 1.71. The second-order valence-electron chi connectivity index (χ2n) is 4.27. The first kappa shape index (κ1) is 12.5. The van der Waals surface area contributed by atoms with E-state index in [2.05, 4.69) is 6.92 Å². The van der Waals surface area contributed by atoms with E-state index in [1.807, 2.05) is 6.92 Å². The molecule has 1 aliphatic rings. The maximum atomic E-state index is 11.8. The molecule has 1 rings (SSSR count). The molecule has 0 spiro atoms. The van der Waals surface area contributed by atoms with Crippen LogP contribution >= 0.6 is 0 Å². The third-order valence-electron chi connectivity index (χ3n) is 2.79. The number of ether oxygens (including phenoxy) is 2. The van der Waals surface area contributed by atoms with E-state index in [9.17, 15) is 4.79 Å². The molecule has 15 heavy (non-hydrogen) atoms. The van der Waals surface area contributed by atoms with E-state index in [0.29, 0.717) is 26.1 Å². The van der Waals surface area contributed by atoms with Crippen LogP contribution in [0, 0.1) is 0 Å². The van der Waals surface area contributed by atoms with Crippen LogP contribution in [0.1, 0.15) is 39.5 Å². The lowest BCUT2D eigenvalue weighted by Crippen LogP contribution is -2.53. The van der Waals surface area contributed by atoms with Crippen molar-refractivity contribution >= 4 is 5.97 Å². The Morgan fingerprint density at radius 1 is 1.53 bits per heavy atom. The topological polar surface area (TPSA) is 61.5 Å². The standard InChI is InChI=1S/C11H21NO3/c1-3-4-9(2)15-10(13)11(12)5-7-14-8-6-11/h9H,3-8,12H2,1-2H3. The largest absolute Gasteiger partial charge is 0.461 e. The summed E-state index contributed by atoms with van der Waals surface area (Å²) in [6, 6.07) is 0. The number of nitrogens with two attached hydrogens (primary N) is 1. The molecule has 0 radical (unpaired) electrons. The lowest BCUT2D eigenvalue weighted by molar-refractivity contribution is -0.158. The summed E-state index contributed by atoms with van der Waals surface area (Å²) < 4.78 is 10.5. The summed E-state index contributed by atoms with van der Waals surface area (Å²) in [5.74, 6) is -0.272. The van der Waals surface area contributed by atoms with E-state index in [1.165, 1.54) is 0 Å². The monoisotopic (exact) mass is 215 g/mol. The van der Waals surface area contributed by atoms with Crippen molar-refractivity contribution in [3.63, 3.8) is 0 Å². The molecule has 1 saturated heterocycles. The minimum absolute atomic E-state index is 0.0363. The fraction of sp³-hybridized carbons (Fsp3) is 0.909. The first-order chi connectivity index (χ1) is 7.08. The first-order valence-corrected chi connectivity index (χ1v) is 5.66. The summed E-state index contributed by atoms with van der Waals surface area (Å²) in [7, 11) is 0. The van der Waals surface area contributed by atoms with Gasteiger partial charge in [-0.1, -0.05) is 13.3 Å². The smallest absolute Gasteiger partial charge is 0.326 e. The van der Waals surface area contributed by atoms with Gasteiger partial charge < -0.3 is 15.2 Å². The van der Waals surface area contributed by atoms with E-state index in [-0.39, 0.29) is 12.1 Å². The Labute approximate surface area is 91.1 Å². The molecule has 1 unspecified atom stereocenters. The minimum Gasteiger partial charge on any atom is -0.461 e. The van der Waals surface area contributed by atoms with Crippen LogP contribution < -0.4 is 5.73 Å². The summed E-state index contributed by atoms with van der Waals surface area (Å²) in [5.41, 5.74) is 5.17. The molecule has 88 valence electrons. The number of carbonyl (C=O) groups excluding carboxylic acids is 1. The van der Waals surface area contributed by atoms with Gasteiger partial charge in [0.15, 0.2) is 0 Å². The molecule has 2 N–H and O–H groups in total. The zero-order valence-electron chi connectivity index (χ0n) is 9.62. The van der Waals surface area contributed by atoms with Crippen LogP contribution in [-0.2, 0) is 14.3 Å². The highest BCUT2D eigenvalue weighted by molar-refractivity contribution is 5.80. The molecule has 4 heteroatoms. The average Bonchev–Trinajstić information content (AvgIpc) is 2.19. The molecule has 1 fully saturated rings. The average molecular weight is 215 g/mol. The number of rotatable bonds is 4. The molecule has 0 aromatic heterocycles. The molecule has 1 heterocycles. The first-order valence-electron chi connectivity index (χ1n) is 5.66. The van der Waals surface area contributed by atoms with Crippen molar-refractivity contribution in [2.75, 3.05) is 13.2 Å². The van der Waals surface area contributed by atoms with Gasteiger partial charge in [0.1, 0.15) is 5.54 Å². The van der Waals surface area contributed by atoms with Gasteiger partial charge in [-0.15, -0.1) is 0 Å². The second-order valence-corrected chi connectivity index (χ2v) is 4.27. The van der Waals surface area contributed by atoms with Crippen LogP contribution in [0.3, 0.4) is 0 Å². The Kier molecular flexibility index (Phi) is 4.54. The van der Waals surface area contributed by atoms with Crippen molar-refractivity contribution in [1.29, 1.82) is 0 Å². The zero-order chi connectivity index (χ0) is 11.3.